The number of carboxylic acids is 1. The first-order valence-corrected chi connectivity index (χ1v) is 12.7. The molecule has 0 saturated carbocycles. The van der Waals surface area contributed by atoms with Crippen molar-refractivity contribution in [3.05, 3.63) is 75.9 Å². The maximum Gasteiger partial charge on any atom is 0.331 e. The van der Waals surface area contributed by atoms with Gasteiger partial charge in [0.2, 0.25) is 0 Å². The van der Waals surface area contributed by atoms with Gasteiger partial charge >= 0.3 is 5.97 Å². The highest BCUT2D eigenvalue weighted by molar-refractivity contribution is 5.92. The number of aliphatic hydroxyl groups is 1. The van der Waals surface area contributed by atoms with Gasteiger partial charge in [0.1, 0.15) is 0 Å². The van der Waals surface area contributed by atoms with Gasteiger partial charge in [-0.15, -0.1) is 0 Å². The van der Waals surface area contributed by atoms with Gasteiger partial charge in [0.05, 0.1) is 18.8 Å². The molecule has 0 aromatic heterocycles. The number of hydrogen-bond acceptors (Lipinski definition) is 4. The zero-order valence-corrected chi connectivity index (χ0v) is 21.8. The summed E-state index contributed by atoms with van der Waals surface area (Å²) in [6, 6.07) is 14.7. The van der Waals surface area contributed by atoms with Crippen molar-refractivity contribution in [1.82, 2.24) is 5.32 Å². The molecule has 0 spiro atoms. The van der Waals surface area contributed by atoms with E-state index >= 15 is 0 Å². The van der Waals surface area contributed by atoms with Gasteiger partial charge in [0.25, 0.3) is 0 Å². The number of hydrogen-bond donors (Lipinski definition) is 3. The molecular weight excluding hydrogens is 438 g/mol. The van der Waals surface area contributed by atoms with Crippen LogP contribution in [-0.4, -0.2) is 41.0 Å². The Balaban J connectivity index is 1.51. The molecule has 35 heavy (non-hydrogen) atoms. The summed E-state index contributed by atoms with van der Waals surface area (Å²) in [7, 11) is 0. The van der Waals surface area contributed by atoms with Gasteiger partial charge in [0.15, 0.2) is 0 Å². The Morgan fingerprint density at radius 3 is 2.46 bits per heavy atom. The third-order valence-corrected chi connectivity index (χ3v) is 6.95. The molecule has 190 valence electrons. The number of aryl methyl sites for hydroxylation is 1. The second-order valence-corrected chi connectivity index (χ2v) is 10.6. The van der Waals surface area contributed by atoms with Crippen LogP contribution >= 0.6 is 0 Å². The standard InChI is InChI=1S/C30H41NO4/c1-6-23(29(33)34)16-26-13-20(2)11-12-28(26)21(3)35-19-27(32)18-31-30(4,5)17-22-14-24-9-7-8-10-25(24)15-22/h7-13,16,21-22,27,31-32H,6,14-15,17-19H2,1-5H3,(H,33,34)/t21-,27-/m1/s1. The largest absolute Gasteiger partial charge is 0.478 e. The number of fused-ring (bicyclic) bond motifs is 1. The van der Waals surface area contributed by atoms with Crippen molar-refractivity contribution in [1.29, 1.82) is 0 Å². The van der Waals surface area contributed by atoms with Crippen molar-refractivity contribution in [2.45, 2.75) is 78.0 Å². The van der Waals surface area contributed by atoms with Crippen LogP contribution in [0.4, 0.5) is 0 Å². The summed E-state index contributed by atoms with van der Waals surface area (Å²) in [6.45, 7) is 10.8. The van der Waals surface area contributed by atoms with Crippen LogP contribution in [0.2, 0.25) is 0 Å². The fourth-order valence-electron chi connectivity index (χ4n) is 5.08. The van der Waals surface area contributed by atoms with Gasteiger partial charge in [0, 0.05) is 17.7 Å². The number of carbonyl (C=O) groups is 1. The lowest BCUT2D eigenvalue weighted by Gasteiger charge is -2.31. The molecule has 5 nitrogen and oxygen atoms in total. The highest BCUT2D eigenvalue weighted by Crippen LogP contribution is 2.32. The van der Waals surface area contributed by atoms with E-state index in [1.165, 1.54) is 11.1 Å². The Hall–Kier alpha value is -2.47. The van der Waals surface area contributed by atoms with Crippen molar-refractivity contribution in [2.75, 3.05) is 13.2 Å². The van der Waals surface area contributed by atoms with Crippen LogP contribution in [0.1, 0.15) is 74.5 Å². The number of aliphatic carboxylic acids is 1. The number of ether oxygens (including phenoxy) is 1. The fourth-order valence-corrected chi connectivity index (χ4v) is 5.08. The second kappa shape index (κ2) is 12.0. The van der Waals surface area contributed by atoms with E-state index in [0.29, 0.717) is 24.5 Å². The van der Waals surface area contributed by atoms with E-state index in [4.69, 9.17) is 4.74 Å². The number of benzene rings is 2. The summed E-state index contributed by atoms with van der Waals surface area (Å²) in [5.41, 5.74) is 6.05. The molecule has 0 saturated heterocycles. The van der Waals surface area contributed by atoms with E-state index in [0.717, 1.165) is 36.0 Å². The van der Waals surface area contributed by atoms with Gasteiger partial charge in [-0.2, -0.15) is 0 Å². The van der Waals surface area contributed by atoms with Gasteiger partial charge in [-0.1, -0.05) is 55.0 Å². The lowest BCUT2D eigenvalue weighted by Crippen LogP contribution is -2.45. The molecule has 0 aliphatic heterocycles. The highest BCUT2D eigenvalue weighted by Gasteiger charge is 2.28. The van der Waals surface area contributed by atoms with Crippen LogP contribution in [-0.2, 0) is 22.4 Å². The van der Waals surface area contributed by atoms with Crippen molar-refractivity contribution in [3.63, 3.8) is 0 Å². The predicted molar refractivity (Wildman–Crippen MR) is 141 cm³/mol. The van der Waals surface area contributed by atoms with Gasteiger partial charge in [-0.05, 0) is 87.6 Å². The van der Waals surface area contributed by atoms with Gasteiger partial charge in [-0.25, -0.2) is 4.79 Å². The predicted octanol–water partition coefficient (Wildman–Crippen LogP) is 5.48. The van der Waals surface area contributed by atoms with Gasteiger partial charge < -0.3 is 20.3 Å². The number of carboxylic acid groups (broad SMARTS) is 1. The molecule has 3 N–H and O–H groups in total. The minimum Gasteiger partial charge on any atom is -0.478 e. The van der Waals surface area contributed by atoms with Crippen molar-refractivity contribution < 1.29 is 19.7 Å². The summed E-state index contributed by atoms with van der Waals surface area (Å²) < 4.78 is 6.02. The quantitative estimate of drug-likeness (QED) is 0.351. The average Bonchev–Trinajstić information content (AvgIpc) is 3.21. The van der Waals surface area contributed by atoms with Crippen LogP contribution in [0.3, 0.4) is 0 Å². The molecule has 5 heteroatoms. The van der Waals surface area contributed by atoms with Crippen molar-refractivity contribution >= 4 is 12.0 Å². The summed E-state index contributed by atoms with van der Waals surface area (Å²) in [5.74, 6) is -0.283. The second-order valence-electron chi connectivity index (χ2n) is 10.6. The van der Waals surface area contributed by atoms with Crippen LogP contribution < -0.4 is 5.32 Å². The van der Waals surface area contributed by atoms with Crippen LogP contribution in [0.15, 0.2) is 48.0 Å². The Kier molecular flexibility index (Phi) is 9.28. The van der Waals surface area contributed by atoms with Crippen molar-refractivity contribution in [3.8, 4) is 0 Å². The molecule has 1 aliphatic carbocycles. The molecule has 2 atom stereocenters. The number of β-amino-alcohol motifs (C(OH)–C–C–N with tert-alkyl or cyclic N) is 1. The van der Waals surface area contributed by atoms with E-state index in [9.17, 15) is 15.0 Å². The molecule has 0 fully saturated rings. The minimum absolute atomic E-state index is 0.0817. The Bertz CT molecular complexity index is 1020. The monoisotopic (exact) mass is 479 g/mol. The first-order chi connectivity index (χ1) is 16.6. The Morgan fingerprint density at radius 1 is 1.20 bits per heavy atom. The molecule has 0 heterocycles. The van der Waals surface area contributed by atoms with E-state index in [2.05, 4.69) is 43.4 Å². The number of nitrogens with one attached hydrogen (secondary N) is 1. The lowest BCUT2D eigenvalue weighted by atomic mass is 9.88. The molecule has 0 amide bonds. The Morgan fingerprint density at radius 2 is 1.86 bits per heavy atom. The van der Waals surface area contributed by atoms with Crippen LogP contribution in [0, 0.1) is 12.8 Å². The van der Waals surface area contributed by atoms with Crippen molar-refractivity contribution in [2.24, 2.45) is 5.92 Å². The number of rotatable bonds is 12. The highest BCUT2D eigenvalue weighted by atomic mass is 16.5. The third kappa shape index (κ3) is 7.76. The summed E-state index contributed by atoms with van der Waals surface area (Å²) in [6.07, 6.45) is 4.57. The molecule has 0 unspecified atom stereocenters. The minimum atomic E-state index is -0.904. The van der Waals surface area contributed by atoms with Gasteiger partial charge in [-0.3, -0.25) is 0 Å². The first-order valence-electron chi connectivity index (χ1n) is 12.7. The summed E-state index contributed by atoms with van der Waals surface area (Å²) >= 11 is 0. The van der Waals surface area contributed by atoms with E-state index < -0.39 is 12.1 Å². The molecule has 3 rings (SSSR count). The molecule has 2 aromatic carbocycles. The van der Waals surface area contributed by atoms with Crippen LogP contribution in [0.5, 0.6) is 0 Å². The smallest absolute Gasteiger partial charge is 0.331 e. The first kappa shape index (κ1) is 27.1. The maximum absolute atomic E-state index is 11.5. The average molecular weight is 480 g/mol. The van der Waals surface area contributed by atoms with E-state index in [1.54, 1.807) is 6.08 Å². The molecule has 0 radical (unpaired) electrons. The molecule has 1 aliphatic rings. The fraction of sp³-hybridized carbons (Fsp3) is 0.500. The van der Waals surface area contributed by atoms with E-state index in [-0.39, 0.29) is 18.2 Å². The maximum atomic E-state index is 11.5. The zero-order chi connectivity index (χ0) is 25.6. The summed E-state index contributed by atoms with van der Waals surface area (Å²) in [5, 5.41) is 23.6. The van der Waals surface area contributed by atoms with E-state index in [1.807, 2.05) is 39.0 Å². The lowest BCUT2D eigenvalue weighted by molar-refractivity contribution is -0.132. The summed E-state index contributed by atoms with van der Waals surface area (Å²) in [4.78, 5) is 11.5. The molecule has 2 aromatic rings. The molecular formula is C30H41NO4. The SMILES string of the molecule is CCC(=Cc1cc(C)ccc1[C@@H](C)OC[C@H](O)CNC(C)(C)CC1Cc2ccccc2C1)C(=O)O. The third-order valence-electron chi connectivity index (χ3n) is 6.95. The number of aliphatic hydroxyl groups excluding tert-OH is 1. The zero-order valence-electron chi connectivity index (χ0n) is 21.8. The molecule has 0 bridgehead atoms. The Labute approximate surface area is 210 Å². The normalized spacial score (nSPS) is 16.2. The van der Waals surface area contributed by atoms with Crippen LogP contribution in [0.25, 0.3) is 6.08 Å². The topological polar surface area (TPSA) is 78.8 Å².